The van der Waals surface area contributed by atoms with Gasteiger partial charge in [-0.2, -0.15) is 0 Å². The van der Waals surface area contributed by atoms with Gasteiger partial charge in [0.1, 0.15) is 5.82 Å². The average molecular weight is 410 g/mol. The lowest BCUT2D eigenvalue weighted by Crippen LogP contribution is -2.32. The number of aromatic nitrogens is 3. The standard InChI is InChI=1S/C21H19FN4O2S/c1-13(19(27)23-11-10-14-6-8-15(22)9-7-14)29-21-26-25-20(28-21)17-12-24-18-5-3-2-4-16(17)18/h2-9,12-13,24H,10-11H2,1H3,(H,23,27)/t13-/m1/s1. The highest BCUT2D eigenvalue weighted by Gasteiger charge is 2.19. The van der Waals surface area contributed by atoms with Crippen molar-refractivity contribution in [2.24, 2.45) is 0 Å². The Morgan fingerprint density at radius 1 is 1.21 bits per heavy atom. The van der Waals surface area contributed by atoms with E-state index in [9.17, 15) is 9.18 Å². The van der Waals surface area contributed by atoms with Crippen molar-refractivity contribution in [3.05, 3.63) is 66.1 Å². The van der Waals surface area contributed by atoms with Crippen LogP contribution in [0.3, 0.4) is 0 Å². The first-order valence-electron chi connectivity index (χ1n) is 9.19. The molecule has 4 rings (SSSR count). The van der Waals surface area contributed by atoms with Crippen LogP contribution in [0.5, 0.6) is 0 Å². The molecule has 6 nitrogen and oxygen atoms in total. The van der Waals surface area contributed by atoms with Crippen LogP contribution in [0.15, 0.2) is 64.4 Å². The summed E-state index contributed by atoms with van der Waals surface area (Å²) in [5.41, 5.74) is 2.78. The van der Waals surface area contributed by atoms with E-state index in [1.54, 1.807) is 19.1 Å². The Hall–Kier alpha value is -3.13. The van der Waals surface area contributed by atoms with Crippen molar-refractivity contribution in [1.82, 2.24) is 20.5 Å². The Morgan fingerprint density at radius 2 is 2.00 bits per heavy atom. The van der Waals surface area contributed by atoms with E-state index in [1.165, 1.54) is 23.9 Å². The predicted molar refractivity (Wildman–Crippen MR) is 110 cm³/mol. The highest BCUT2D eigenvalue weighted by atomic mass is 32.2. The van der Waals surface area contributed by atoms with Crippen LogP contribution >= 0.6 is 11.8 Å². The molecule has 29 heavy (non-hydrogen) atoms. The first kappa shape index (κ1) is 19.2. The number of carbonyl (C=O) groups excluding carboxylic acids is 1. The van der Waals surface area contributed by atoms with Gasteiger partial charge in [0.2, 0.25) is 5.91 Å². The quantitative estimate of drug-likeness (QED) is 0.446. The summed E-state index contributed by atoms with van der Waals surface area (Å²) in [7, 11) is 0. The van der Waals surface area contributed by atoms with Crippen LogP contribution in [0.1, 0.15) is 12.5 Å². The summed E-state index contributed by atoms with van der Waals surface area (Å²) in [5, 5.41) is 12.0. The zero-order valence-corrected chi connectivity index (χ0v) is 16.5. The Kier molecular flexibility index (Phi) is 5.62. The number of aromatic amines is 1. The van der Waals surface area contributed by atoms with Gasteiger partial charge in [0.25, 0.3) is 11.1 Å². The molecule has 8 heteroatoms. The lowest BCUT2D eigenvalue weighted by Gasteiger charge is -2.09. The molecule has 148 valence electrons. The van der Waals surface area contributed by atoms with Gasteiger partial charge in [0, 0.05) is 23.6 Å². The number of fused-ring (bicyclic) bond motifs is 1. The highest BCUT2D eigenvalue weighted by Crippen LogP contribution is 2.30. The third kappa shape index (κ3) is 4.48. The van der Waals surface area contributed by atoms with Crippen LogP contribution in [0.4, 0.5) is 4.39 Å². The number of hydrogen-bond donors (Lipinski definition) is 2. The van der Waals surface area contributed by atoms with Gasteiger partial charge in [0.05, 0.1) is 10.8 Å². The van der Waals surface area contributed by atoms with E-state index in [-0.39, 0.29) is 17.0 Å². The van der Waals surface area contributed by atoms with Crippen molar-refractivity contribution in [2.75, 3.05) is 6.54 Å². The van der Waals surface area contributed by atoms with E-state index in [0.717, 1.165) is 22.0 Å². The molecule has 1 amide bonds. The zero-order valence-electron chi connectivity index (χ0n) is 15.7. The zero-order chi connectivity index (χ0) is 20.2. The molecule has 0 saturated carbocycles. The number of nitrogens with one attached hydrogen (secondary N) is 2. The number of hydrogen-bond acceptors (Lipinski definition) is 5. The van der Waals surface area contributed by atoms with Crippen molar-refractivity contribution in [3.8, 4) is 11.5 Å². The number of rotatable bonds is 7. The van der Waals surface area contributed by atoms with Crippen LogP contribution in [-0.4, -0.2) is 32.9 Å². The van der Waals surface area contributed by atoms with E-state index >= 15 is 0 Å². The number of benzene rings is 2. The predicted octanol–water partition coefficient (Wildman–Crippen LogP) is 4.20. The number of amides is 1. The fraction of sp³-hybridized carbons (Fsp3) is 0.190. The van der Waals surface area contributed by atoms with Gasteiger partial charge >= 0.3 is 0 Å². The average Bonchev–Trinajstić information content (AvgIpc) is 3.36. The van der Waals surface area contributed by atoms with Gasteiger partial charge in [-0.1, -0.05) is 42.1 Å². The van der Waals surface area contributed by atoms with Gasteiger partial charge < -0.3 is 14.7 Å². The lowest BCUT2D eigenvalue weighted by atomic mass is 10.1. The van der Waals surface area contributed by atoms with Gasteiger partial charge in [0.15, 0.2) is 0 Å². The van der Waals surface area contributed by atoms with Gasteiger partial charge in [-0.25, -0.2) is 4.39 Å². The molecule has 0 spiro atoms. The lowest BCUT2D eigenvalue weighted by molar-refractivity contribution is -0.120. The summed E-state index contributed by atoms with van der Waals surface area (Å²) in [6, 6.07) is 14.1. The summed E-state index contributed by atoms with van der Waals surface area (Å²) in [6.07, 6.45) is 2.47. The second-order valence-corrected chi connectivity index (χ2v) is 7.84. The van der Waals surface area contributed by atoms with Crippen molar-refractivity contribution in [2.45, 2.75) is 23.8 Å². The number of carbonyl (C=O) groups is 1. The summed E-state index contributed by atoms with van der Waals surface area (Å²) in [5.74, 6) is 0.0206. The van der Waals surface area contributed by atoms with Crippen LogP contribution in [0, 0.1) is 5.82 Å². The molecular weight excluding hydrogens is 391 g/mol. The minimum atomic E-state index is -0.389. The molecule has 2 aromatic carbocycles. The van der Waals surface area contributed by atoms with Crippen molar-refractivity contribution in [3.63, 3.8) is 0 Å². The Bertz CT molecular complexity index is 1120. The summed E-state index contributed by atoms with van der Waals surface area (Å²) in [4.78, 5) is 15.5. The number of para-hydroxylation sites is 1. The minimum Gasteiger partial charge on any atom is -0.411 e. The first-order chi connectivity index (χ1) is 14.1. The van der Waals surface area contributed by atoms with E-state index in [4.69, 9.17) is 4.42 Å². The summed E-state index contributed by atoms with van der Waals surface area (Å²) < 4.78 is 18.7. The molecule has 0 unspecified atom stereocenters. The molecule has 0 radical (unpaired) electrons. The topological polar surface area (TPSA) is 83.8 Å². The monoisotopic (exact) mass is 410 g/mol. The number of halogens is 1. The molecule has 0 bridgehead atoms. The Labute approximate surface area is 170 Å². The molecule has 0 fully saturated rings. The molecule has 0 aliphatic rings. The molecular formula is C21H19FN4O2S. The van der Waals surface area contributed by atoms with Crippen LogP contribution in [-0.2, 0) is 11.2 Å². The molecule has 2 aromatic heterocycles. The van der Waals surface area contributed by atoms with Gasteiger partial charge in [-0.15, -0.1) is 10.2 Å². The first-order valence-corrected chi connectivity index (χ1v) is 10.1. The highest BCUT2D eigenvalue weighted by molar-refractivity contribution is 8.00. The van der Waals surface area contributed by atoms with E-state index in [1.807, 2.05) is 30.5 Å². The van der Waals surface area contributed by atoms with Gasteiger partial charge in [-0.05, 0) is 37.1 Å². The maximum absolute atomic E-state index is 12.9. The van der Waals surface area contributed by atoms with Crippen molar-refractivity contribution < 1.29 is 13.6 Å². The second-order valence-electron chi connectivity index (χ2n) is 6.55. The Balaban J connectivity index is 1.33. The van der Waals surface area contributed by atoms with Crippen molar-refractivity contribution in [1.29, 1.82) is 0 Å². The molecule has 2 N–H and O–H groups in total. The fourth-order valence-corrected chi connectivity index (χ4v) is 3.65. The number of thioether (sulfide) groups is 1. The maximum atomic E-state index is 12.9. The minimum absolute atomic E-state index is 0.121. The van der Waals surface area contributed by atoms with Crippen LogP contribution < -0.4 is 5.32 Å². The van der Waals surface area contributed by atoms with Crippen LogP contribution in [0.25, 0.3) is 22.4 Å². The number of nitrogens with zero attached hydrogens (tertiary/aromatic N) is 2. The normalized spacial score (nSPS) is 12.2. The second kappa shape index (κ2) is 8.48. The molecule has 1 atom stereocenters. The summed E-state index contributed by atoms with van der Waals surface area (Å²) in [6.45, 7) is 2.26. The summed E-state index contributed by atoms with van der Waals surface area (Å²) >= 11 is 1.21. The number of H-pyrrole nitrogens is 1. The van der Waals surface area contributed by atoms with E-state index in [2.05, 4.69) is 20.5 Å². The third-order valence-corrected chi connectivity index (χ3v) is 5.43. The van der Waals surface area contributed by atoms with E-state index < -0.39 is 0 Å². The third-order valence-electron chi connectivity index (χ3n) is 4.50. The fourth-order valence-electron chi connectivity index (χ4n) is 2.94. The molecule has 4 aromatic rings. The smallest absolute Gasteiger partial charge is 0.277 e. The Morgan fingerprint density at radius 3 is 2.83 bits per heavy atom. The van der Waals surface area contributed by atoms with Crippen LogP contribution in [0.2, 0.25) is 0 Å². The van der Waals surface area contributed by atoms with Gasteiger partial charge in [-0.3, -0.25) is 4.79 Å². The molecule has 0 aliphatic heterocycles. The molecule has 0 aliphatic carbocycles. The van der Waals surface area contributed by atoms with E-state index in [0.29, 0.717) is 24.1 Å². The maximum Gasteiger partial charge on any atom is 0.277 e. The SMILES string of the molecule is C[C@@H](Sc1nnc(-c2c[nH]c3ccccc23)o1)C(=O)NCCc1ccc(F)cc1. The molecule has 2 heterocycles. The van der Waals surface area contributed by atoms with Crippen molar-refractivity contribution >= 4 is 28.6 Å². The largest absolute Gasteiger partial charge is 0.411 e. The molecule has 0 saturated heterocycles.